The summed E-state index contributed by atoms with van der Waals surface area (Å²) in [4.78, 5) is 32.3. The number of fused-ring (bicyclic) bond motifs is 3. The summed E-state index contributed by atoms with van der Waals surface area (Å²) in [6.45, 7) is 0. The average Bonchev–Trinajstić information content (AvgIpc) is 3.67. The minimum absolute atomic E-state index is 0.0317. The number of aryl methyl sites for hydroxylation is 3. The SMILES string of the molecule is Cn1cc(CC(N)C(=O)O)c2c([N+](=O)[O-])ccc(Br)c21.Cn1cc(CC(N)C(=O)O)c2cccc(Br)c21.Cn1ccc2cccc(Br)c21. The number of halogens is 3. The van der Waals surface area contributed by atoms with E-state index in [0.29, 0.717) is 27.4 Å². The Balaban J connectivity index is 0.000000169. The number of hydrogen-bond acceptors (Lipinski definition) is 6. The van der Waals surface area contributed by atoms with Crippen LogP contribution in [0.1, 0.15) is 11.1 Å². The molecule has 0 fully saturated rings. The molecule has 3 aromatic carbocycles. The minimum Gasteiger partial charge on any atom is -0.480 e. The molecule has 3 heterocycles. The topological polar surface area (TPSA) is 185 Å². The normalized spacial score (nSPS) is 12.2. The van der Waals surface area contributed by atoms with Crippen molar-refractivity contribution < 1.29 is 24.7 Å². The van der Waals surface area contributed by atoms with Gasteiger partial charge in [0, 0.05) is 82.8 Å². The molecule has 6 aromatic rings. The van der Waals surface area contributed by atoms with Gasteiger partial charge in [-0.15, -0.1) is 0 Å². The Morgan fingerprint density at radius 2 is 1.27 bits per heavy atom. The summed E-state index contributed by atoms with van der Waals surface area (Å²) in [5.41, 5.74) is 15.5. The lowest BCUT2D eigenvalue weighted by atomic mass is 10.0. The highest BCUT2D eigenvalue weighted by atomic mass is 79.9. The first-order chi connectivity index (χ1) is 22.6. The molecule has 0 saturated heterocycles. The number of nitrogens with two attached hydrogens (primary N) is 2. The van der Waals surface area contributed by atoms with Crippen molar-refractivity contribution in [2.24, 2.45) is 32.6 Å². The predicted molar refractivity (Wildman–Crippen MR) is 197 cm³/mol. The van der Waals surface area contributed by atoms with Gasteiger partial charge in [-0.1, -0.05) is 24.3 Å². The van der Waals surface area contributed by atoms with Crippen LogP contribution in [0.15, 0.2) is 86.6 Å². The number of aromatic nitrogens is 3. The number of nitrogens with zero attached hydrogens (tertiary/aromatic N) is 4. The van der Waals surface area contributed by atoms with Gasteiger partial charge in [0.2, 0.25) is 0 Å². The Morgan fingerprint density at radius 1 is 0.750 bits per heavy atom. The number of para-hydroxylation sites is 2. The van der Waals surface area contributed by atoms with Crippen molar-refractivity contribution in [3.05, 3.63) is 108 Å². The fraction of sp³-hybridized carbons (Fsp3) is 0.212. The summed E-state index contributed by atoms with van der Waals surface area (Å²) in [7, 11) is 5.72. The number of hydrogen-bond donors (Lipinski definition) is 4. The monoisotopic (exact) mass is 846 g/mol. The lowest BCUT2D eigenvalue weighted by Gasteiger charge is -2.05. The van der Waals surface area contributed by atoms with Crippen molar-refractivity contribution in [1.82, 2.24) is 13.7 Å². The molecule has 0 amide bonds. The molecular formula is C33H33Br3N6O6. The minimum atomic E-state index is -1.14. The molecule has 15 heteroatoms. The molecule has 0 spiro atoms. The smallest absolute Gasteiger partial charge is 0.320 e. The summed E-state index contributed by atoms with van der Waals surface area (Å²) >= 11 is 10.3. The Hall–Kier alpha value is -4.02. The number of rotatable bonds is 7. The summed E-state index contributed by atoms with van der Waals surface area (Å²) in [6.07, 6.45) is 6.03. The van der Waals surface area contributed by atoms with Crippen LogP contribution in [0.25, 0.3) is 32.7 Å². The molecular weight excluding hydrogens is 816 g/mol. The molecule has 0 aliphatic carbocycles. The highest BCUT2D eigenvalue weighted by Gasteiger charge is 2.23. The van der Waals surface area contributed by atoms with Crippen molar-refractivity contribution in [3.8, 4) is 0 Å². The van der Waals surface area contributed by atoms with E-state index in [-0.39, 0.29) is 12.1 Å². The maximum Gasteiger partial charge on any atom is 0.320 e. The van der Waals surface area contributed by atoms with Crippen molar-refractivity contribution in [1.29, 1.82) is 0 Å². The average molecular weight is 849 g/mol. The molecule has 0 bridgehead atoms. The van der Waals surface area contributed by atoms with Crippen molar-refractivity contribution in [2.45, 2.75) is 24.9 Å². The Kier molecular flexibility index (Phi) is 11.9. The zero-order chi connectivity index (χ0) is 35.4. The van der Waals surface area contributed by atoms with Crippen LogP contribution >= 0.6 is 47.8 Å². The van der Waals surface area contributed by atoms with E-state index >= 15 is 0 Å². The van der Waals surface area contributed by atoms with Crippen LogP contribution in [0, 0.1) is 10.1 Å². The van der Waals surface area contributed by atoms with Crippen molar-refractivity contribution in [3.63, 3.8) is 0 Å². The van der Waals surface area contributed by atoms with Gasteiger partial charge < -0.3 is 35.4 Å². The molecule has 2 unspecified atom stereocenters. The molecule has 0 radical (unpaired) electrons. The third kappa shape index (κ3) is 7.98. The van der Waals surface area contributed by atoms with E-state index in [2.05, 4.69) is 76.8 Å². The molecule has 6 rings (SSSR count). The first kappa shape index (κ1) is 36.8. The highest BCUT2D eigenvalue weighted by Crippen LogP contribution is 2.35. The second kappa shape index (κ2) is 15.5. The van der Waals surface area contributed by atoms with Crippen LogP contribution in [-0.4, -0.2) is 52.9 Å². The predicted octanol–water partition coefficient (Wildman–Crippen LogP) is 6.64. The Labute approximate surface area is 300 Å². The van der Waals surface area contributed by atoms with Crippen LogP contribution in [0.2, 0.25) is 0 Å². The van der Waals surface area contributed by atoms with E-state index in [4.69, 9.17) is 21.7 Å². The Morgan fingerprint density at radius 3 is 1.85 bits per heavy atom. The first-order valence-electron chi connectivity index (χ1n) is 14.4. The molecule has 252 valence electrons. The Bertz CT molecular complexity index is 2150. The highest BCUT2D eigenvalue weighted by molar-refractivity contribution is 9.11. The van der Waals surface area contributed by atoms with Crippen LogP contribution in [-0.2, 0) is 43.6 Å². The first-order valence-corrected chi connectivity index (χ1v) is 16.8. The maximum atomic E-state index is 11.1. The number of carboxylic acids is 2. The van der Waals surface area contributed by atoms with Crippen LogP contribution < -0.4 is 11.5 Å². The van der Waals surface area contributed by atoms with E-state index in [1.807, 2.05) is 49.1 Å². The number of non-ortho nitro benzene ring substituents is 1. The van der Waals surface area contributed by atoms with Gasteiger partial charge in [0.1, 0.15) is 12.1 Å². The zero-order valence-corrected chi connectivity index (χ0v) is 30.9. The summed E-state index contributed by atoms with van der Waals surface area (Å²) in [5.74, 6) is -2.11. The van der Waals surface area contributed by atoms with Gasteiger partial charge in [0.25, 0.3) is 5.69 Å². The number of aliphatic carboxylic acids is 2. The lowest BCUT2D eigenvalue weighted by molar-refractivity contribution is -0.383. The molecule has 6 N–H and O–H groups in total. The maximum absolute atomic E-state index is 11.1. The summed E-state index contributed by atoms with van der Waals surface area (Å²) < 4.78 is 8.66. The van der Waals surface area contributed by atoms with E-state index < -0.39 is 28.9 Å². The van der Waals surface area contributed by atoms with Gasteiger partial charge in [0.05, 0.1) is 26.9 Å². The third-order valence-electron chi connectivity index (χ3n) is 7.72. The van der Waals surface area contributed by atoms with Gasteiger partial charge >= 0.3 is 11.9 Å². The van der Waals surface area contributed by atoms with Gasteiger partial charge in [-0.2, -0.15) is 0 Å². The van der Waals surface area contributed by atoms with Crippen molar-refractivity contribution >= 4 is 98.1 Å². The largest absolute Gasteiger partial charge is 0.480 e. The molecule has 2 atom stereocenters. The van der Waals surface area contributed by atoms with Crippen LogP contribution in [0.5, 0.6) is 0 Å². The van der Waals surface area contributed by atoms with E-state index in [0.717, 1.165) is 25.4 Å². The zero-order valence-electron chi connectivity index (χ0n) is 26.1. The molecule has 0 aliphatic heterocycles. The van der Waals surface area contributed by atoms with Gasteiger partial charge in [-0.05, 0) is 83.2 Å². The van der Waals surface area contributed by atoms with Crippen LogP contribution in [0.4, 0.5) is 5.69 Å². The second-order valence-corrected chi connectivity index (χ2v) is 13.7. The molecule has 3 aromatic heterocycles. The number of nitro benzene ring substituents is 1. The fourth-order valence-electron chi connectivity index (χ4n) is 5.50. The second-order valence-electron chi connectivity index (χ2n) is 11.1. The third-order valence-corrected chi connectivity index (χ3v) is 9.64. The quantitative estimate of drug-likeness (QED) is 0.102. The number of nitro groups is 1. The summed E-state index contributed by atoms with van der Waals surface area (Å²) in [6, 6.07) is 15.2. The van der Waals surface area contributed by atoms with Crippen LogP contribution in [0.3, 0.4) is 0 Å². The molecule has 48 heavy (non-hydrogen) atoms. The fourth-order valence-corrected chi connectivity index (χ4v) is 7.42. The molecule has 12 nitrogen and oxygen atoms in total. The van der Waals surface area contributed by atoms with Crippen molar-refractivity contribution in [2.75, 3.05) is 0 Å². The summed E-state index contributed by atoms with van der Waals surface area (Å²) in [5, 5.41) is 31.6. The van der Waals surface area contributed by atoms with Gasteiger partial charge in [-0.3, -0.25) is 19.7 Å². The number of benzene rings is 3. The van der Waals surface area contributed by atoms with E-state index in [9.17, 15) is 19.7 Å². The van der Waals surface area contributed by atoms with Gasteiger partial charge in [-0.25, -0.2) is 0 Å². The number of carboxylic acid groups (broad SMARTS) is 2. The van der Waals surface area contributed by atoms with Gasteiger partial charge in [0.15, 0.2) is 0 Å². The van der Waals surface area contributed by atoms with E-state index in [1.165, 1.54) is 17.0 Å². The molecule has 0 aliphatic rings. The standard InChI is InChI=1S/C12H12BrN3O4.C12H13BrN2O2.C9H8BrN/c1-15-5-6(4-8(14)12(17)18)10-9(16(19)20)3-2-7(13)11(10)15;1-15-6-7(5-10(14)12(16)17)8-3-2-4-9(13)11(8)15;1-11-6-5-7-3-2-4-8(10)9(7)11/h2-3,5,8H,4,14H2,1H3,(H,17,18);2-4,6,10H,5,14H2,1H3,(H,16,17);2-6H,1H3. The number of carbonyl (C=O) groups is 2. The molecule has 0 saturated carbocycles. The lowest BCUT2D eigenvalue weighted by Crippen LogP contribution is -2.32. The van der Waals surface area contributed by atoms with E-state index in [1.54, 1.807) is 23.9 Å².